The van der Waals surface area contributed by atoms with E-state index < -0.39 is 23.5 Å². The summed E-state index contributed by atoms with van der Waals surface area (Å²) in [5.74, 6) is -0.892. The van der Waals surface area contributed by atoms with Crippen LogP contribution >= 0.6 is 0 Å². The van der Waals surface area contributed by atoms with Gasteiger partial charge in [-0.05, 0) is 63.8 Å². The van der Waals surface area contributed by atoms with Crippen LogP contribution in [-0.2, 0) is 9.59 Å². The first-order valence-corrected chi connectivity index (χ1v) is 16.0. The molecule has 6 rings (SSSR count). The molecule has 1 atom stereocenters. The van der Waals surface area contributed by atoms with E-state index in [-0.39, 0.29) is 36.1 Å². The summed E-state index contributed by atoms with van der Waals surface area (Å²) >= 11 is 0. The second-order valence-electron chi connectivity index (χ2n) is 12.3. The number of pyridine rings is 1. The van der Waals surface area contributed by atoms with E-state index in [0.29, 0.717) is 23.3 Å². The third-order valence-electron chi connectivity index (χ3n) is 8.69. The number of anilines is 4. The number of urea groups is 1. The van der Waals surface area contributed by atoms with Gasteiger partial charge in [0.2, 0.25) is 17.8 Å². The number of aromatic nitrogens is 3. The van der Waals surface area contributed by atoms with Crippen molar-refractivity contribution < 1.29 is 23.5 Å². The van der Waals surface area contributed by atoms with Crippen molar-refractivity contribution in [3.05, 3.63) is 54.6 Å². The average Bonchev–Trinajstić information content (AvgIpc) is 3.59. The highest BCUT2D eigenvalue weighted by Crippen LogP contribution is 2.31. The molecule has 4 amide bonds. The van der Waals surface area contributed by atoms with Gasteiger partial charge in [-0.3, -0.25) is 14.5 Å². The lowest BCUT2D eigenvalue weighted by molar-refractivity contribution is -0.144. The molecule has 2 aliphatic heterocycles. The normalized spacial score (nSPS) is 19.1. The minimum absolute atomic E-state index is 0.0267. The van der Waals surface area contributed by atoms with Gasteiger partial charge in [-0.2, -0.15) is 4.98 Å². The molecule has 1 aromatic carbocycles. The number of hydrogen-bond acceptors (Lipinski definition) is 9. The fourth-order valence-corrected chi connectivity index (χ4v) is 6.23. The molecule has 2 saturated heterocycles. The van der Waals surface area contributed by atoms with Gasteiger partial charge in [0.05, 0.1) is 0 Å². The quantitative estimate of drug-likeness (QED) is 0.286. The lowest BCUT2D eigenvalue weighted by atomic mass is 9.91. The fraction of sp³-hybridized carbons (Fsp3) is 0.455. The van der Waals surface area contributed by atoms with Crippen LogP contribution in [0, 0.1) is 11.7 Å². The van der Waals surface area contributed by atoms with Crippen molar-refractivity contribution in [2.45, 2.75) is 70.9 Å². The predicted molar refractivity (Wildman–Crippen MR) is 171 cm³/mol. The number of halogens is 1. The molecular formula is C33H39FN8O4. The molecular weight excluding hydrogens is 591 g/mol. The number of benzene rings is 1. The van der Waals surface area contributed by atoms with Crippen molar-refractivity contribution in [1.82, 2.24) is 24.8 Å². The summed E-state index contributed by atoms with van der Waals surface area (Å²) in [7, 11) is 0. The third-order valence-corrected chi connectivity index (χ3v) is 8.69. The summed E-state index contributed by atoms with van der Waals surface area (Å²) in [6.07, 6.45) is 9.87. The van der Waals surface area contributed by atoms with Gasteiger partial charge >= 0.3 is 6.03 Å². The lowest BCUT2D eigenvalue weighted by Gasteiger charge is -2.44. The smallest absolute Gasteiger partial charge is 0.327 e. The summed E-state index contributed by atoms with van der Waals surface area (Å²) < 4.78 is 21.0. The van der Waals surface area contributed by atoms with E-state index in [1.807, 2.05) is 13.8 Å². The van der Waals surface area contributed by atoms with Crippen LogP contribution in [0.1, 0.15) is 58.8 Å². The summed E-state index contributed by atoms with van der Waals surface area (Å²) in [6, 6.07) is 8.29. The van der Waals surface area contributed by atoms with Gasteiger partial charge in [0.25, 0.3) is 0 Å². The van der Waals surface area contributed by atoms with Gasteiger partial charge < -0.3 is 25.2 Å². The highest BCUT2D eigenvalue weighted by molar-refractivity contribution is 6.12. The fourth-order valence-electron chi connectivity index (χ4n) is 6.23. The number of hydrogen-bond donors (Lipinski definition) is 2. The molecule has 1 aliphatic carbocycles. The van der Waals surface area contributed by atoms with Crippen molar-refractivity contribution in [3.63, 3.8) is 0 Å². The monoisotopic (exact) mass is 630 g/mol. The maximum absolute atomic E-state index is 15.2. The summed E-state index contributed by atoms with van der Waals surface area (Å²) in [4.78, 5) is 58.3. The molecule has 0 spiro atoms. The van der Waals surface area contributed by atoms with E-state index in [4.69, 9.17) is 4.74 Å². The Kier molecular flexibility index (Phi) is 9.27. The Bertz CT molecular complexity index is 1590. The van der Waals surface area contributed by atoms with E-state index in [0.717, 1.165) is 64.1 Å². The number of amides is 4. The predicted octanol–water partition coefficient (Wildman–Crippen LogP) is 5.71. The first-order valence-electron chi connectivity index (χ1n) is 16.0. The molecule has 0 bridgehead atoms. The summed E-state index contributed by atoms with van der Waals surface area (Å²) in [5, 5.41) is 5.82. The molecule has 4 heterocycles. The van der Waals surface area contributed by atoms with E-state index in [2.05, 4.69) is 30.5 Å². The average molecular weight is 631 g/mol. The SMILES string of the molecule is CC(C)N1CC(C(=O)Nc2ccc(Oc3ccnc(Nc4ccnc(N5CCCC5)n4)c3)c(F)c2)C(=O)N(C2CCCCC2)C1=O. The van der Waals surface area contributed by atoms with Crippen molar-refractivity contribution >= 4 is 41.1 Å². The van der Waals surface area contributed by atoms with Gasteiger partial charge in [0.15, 0.2) is 11.6 Å². The topological polar surface area (TPSA) is 133 Å². The minimum atomic E-state index is -1.09. The largest absolute Gasteiger partial charge is 0.454 e. The lowest BCUT2D eigenvalue weighted by Crippen LogP contribution is -2.63. The van der Waals surface area contributed by atoms with Gasteiger partial charge in [0, 0.05) is 61.9 Å². The van der Waals surface area contributed by atoms with Crippen LogP contribution in [0.4, 0.5) is 32.5 Å². The van der Waals surface area contributed by atoms with Gasteiger partial charge in [0.1, 0.15) is 23.3 Å². The molecule has 2 N–H and O–H groups in total. The first-order chi connectivity index (χ1) is 22.3. The van der Waals surface area contributed by atoms with Gasteiger partial charge in [-0.15, -0.1) is 0 Å². The van der Waals surface area contributed by atoms with E-state index in [9.17, 15) is 14.4 Å². The van der Waals surface area contributed by atoms with Crippen LogP contribution in [0.2, 0.25) is 0 Å². The highest BCUT2D eigenvalue weighted by atomic mass is 19.1. The molecule has 13 heteroatoms. The number of imide groups is 1. The number of carbonyl (C=O) groups is 3. The van der Waals surface area contributed by atoms with Crippen LogP contribution in [0.3, 0.4) is 0 Å². The maximum Gasteiger partial charge on any atom is 0.327 e. The van der Waals surface area contributed by atoms with Crippen LogP contribution in [0.5, 0.6) is 11.5 Å². The Hall–Kier alpha value is -4.81. The number of rotatable bonds is 9. The maximum atomic E-state index is 15.2. The Balaban J connectivity index is 1.11. The van der Waals surface area contributed by atoms with Crippen molar-refractivity contribution in [3.8, 4) is 11.5 Å². The van der Waals surface area contributed by atoms with Gasteiger partial charge in [-0.25, -0.2) is 19.2 Å². The standard InChI is InChI=1S/C33H39FN8O4/c1-21(2)41-20-25(31(44)42(33(41)45)23-8-4-3-5-9-23)30(43)37-22-10-11-27(26(34)18-22)46-24-12-14-35-29(19-24)38-28-13-15-36-32(39-28)40-16-6-7-17-40/h10-15,18-19,21,23,25H,3-9,16-17,20H2,1-2H3,(H,37,43)(H,35,36,38,39). The summed E-state index contributed by atoms with van der Waals surface area (Å²) in [5.41, 5.74) is 0.175. The first kappa shape index (κ1) is 31.2. The van der Waals surface area contributed by atoms with Crippen molar-refractivity contribution in [2.75, 3.05) is 35.2 Å². The Morgan fingerprint density at radius 1 is 0.957 bits per heavy atom. The molecule has 3 aliphatic rings. The number of nitrogens with zero attached hydrogens (tertiary/aromatic N) is 6. The molecule has 1 unspecified atom stereocenters. The molecule has 46 heavy (non-hydrogen) atoms. The minimum Gasteiger partial charge on any atom is -0.454 e. The van der Waals surface area contributed by atoms with E-state index in [1.54, 1.807) is 29.3 Å². The molecule has 3 aromatic rings. The second kappa shape index (κ2) is 13.7. The van der Waals surface area contributed by atoms with E-state index >= 15 is 4.39 Å². The zero-order valence-electron chi connectivity index (χ0n) is 26.1. The molecule has 2 aromatic heterocycles. The zero-order chi connectivity index (χ0) is 32.2. The Morgan fingerprint density at radius 3 is 2.46 bits per heavy atom. The van der Waals surface area contributed by atoms with Crippen LogP contribution in [0.15, 0.2) is 48.8 Å². The third kappa shape index (κ3) is 6.87. The Labute approximate surface area is 267 Å². The molecule has 0 radical (unpaired) electrons. The highest BCUT2D eigenvalue weighted by Gasteiger charge is 2.46. The van der Waals surface area contributed by atoms with Crippen LogP contribution in [0.25, 0.3) is 0 Å². The molecule has 12 nitrogen and oxygen atoms in total. The zero-order valence-corrected chi connectivity index (χ0v) is 26.1. The second-order valence-corrected chi connectivity index (χ2v) is 12.3. The Morgan fingerprint density at radius 2 is 1.72 bits per heavy atom. The van der Waals surface area contributed by atoms with Gasteiger partial charge in [-0.1, -0.05) is 19.3 Å². The summed E-state index contributed by atoms with van der Waals surface area (Å²) in [6.45, 7) is 5.54. The van der Waals surface area contributed by atoms with E-state index in [1.165, 1.54) is 23.2 Å². The number of ether oxygens (including phenoxy) is 1. The van der Waals surface area contributed by atoms with Crippen LogP contribution < -0.4 is 20.3 Å². The molecule has 242 valence electrons. The molecule has 3 fully saturated rings. The van der Waals surface area contributed by atoms with Crippen molar-refractivity contribution in [2.24, 2.45) is 5.92 Å². The number of carbonyl (C=O) groups excluding carboxylic acids is 3. The molecule has 1 saturated carbocycles. The number of nitrogens with one attached hydrogen (secondary N) is 2. The van der Waals surface area contributed by atoms with Crippen LogP contribution in [-0.4, -0.2) is 74.3 Å². The van der Waals surface area contributed by atoms with Crippen molar-refractivity contribution in [1.29, 1.82) is 0 Å².